The van der Waals surface area contributed by atoms with Crippen LogP contribution in [0.25, 0.3) is 83.2 Å². The maximum atomic E-state index is 7.51. The lowest BCUT2D eigenvalue weighted by atomic mass is 9.96. The molecule has 8 rings (SSSR count). The van der Waals surface area contributed by atoms with Gasteiger partial charge in [0.2, 0.25) is 0 Å². The van der Waals surface area contributed by atoms with Crippen molar-refractivity contribution in [3.63, 3.8) is 0 Å². The van der Waals surface area contributed by atoms with Crippen molar-refractivity contribution in [1.29, 1.82) is 0 Å². The summed E-state index contributed by atoms with van der Waals surface area (Å²) in [7, 11) is 0. The first-order chi connectivity index (χ1) is 23.7. The first kappa shape index (κ1) is 28.8. The topological polar surface area (TPSA) is 43.0 Å². The van der Waals surface area contributed by atoms with Gasteiger partial charge in [-0.15, -0.1) is 0 Å². The summed E-state index contributed by atoms with van der Waals surface area (Å²) in [6.07, 6.45) is 0. The van der Waals surface area contributed by atoms with Crippen molar-refractivity contribution in [2.24, 2.45) is 0 Å². The maximum Gasteiger partial charge on any atom is 0.194 e. The van der Waals surface area contributed by atoms with E-state index >= 15 is 0 Å². The number of fused-ring (bicyclic) bond motifs is 1. The van der Waals surface area contributed by atoms with E-state index in [4.69, 9.17) is 21.5 Å². The molecular formula is C44H28N4. The third-order valence-electron chi connectivity index (χ3n) is 8.57. The second-order valence-corrected chi connectivity index (χ2v) is 11.6. The Balaban J connectivity index is 1.10. The van der Waals surface area contributed by atoms with Crippen molar-refractivity contribution >= 4 is 16.5 Å². The van der Waals surface area contributed by atoms with E-state index in [0.29, 0.717) is 23.2 Å². The average molecular weight is 613 g/mol. The predicted octanol–water partition coefficient (Wildman–Crippen LogP) is 11.6. The zero-order valence-electron chi connectivity index (χ0n) is 26.0. The van der Waals surface area contributed by atoms with Crippen molar-refractivity contribution in [3.8, 4) is 67.5 Å². The molecule has 0 aliphatic rings. The lowest BCUT2D eigenvalue weighted by Gasteiger charge is -2.10. The van der Waals surface area contributed by atoms with E-state index in [9.17, 15) is 0 Å². The molecule has 0 radical (unpaired) electrons. The van der Waals surface area contributed by atoms with E-state index < -0.39 is 0 Å². The van der Waals surface area contributed by atoms with Crippen LogP contribution in [-0.4, -0.2) is 15.0 Å². The van der Waals surface area contributed by atoms with E-state index in [2.05, 4.69) is 89.8 Å². The predicted molar refractivity (Wildman–Crippen MR) is 196 cm³/mol. The monoisotopic (exact) mass is 612 g/mol. The van der Waals surface area contributed by atoms with Gasteiger partial charge in [-0.3, -0.25) is 0 Å². The number of aromatic nitrogens is 3. The Labute approximate surface area is 279 Å². The van der Waals surface area contributed by atoms with Crippen molar-refractivity contribution in [2.45, 2.75) is 0 Å². The molecule has 224 valence electrons. The number of para-hydroxylation sites is 1. The first-order valence-electron chi connectivity index (χ1n) is 15.8. The van der Waals surface area contributed by atoms with E-state index in [1.807, 2.05) is 84.9 Å². The third kappa shape index (κ3) is 5.73. The molecule has 48 heavy (non-hydrogen) atoms. The van der Waals surface area contributed by atoms with Crippen LogP contribution in [0.15, 0.2) is 170 Å². The van der Waals surface area contributed by atoms with Gasteiger partial charge in [-0.1, -0.05) is 158 Å². The highest BCUT2D eigenvalue weighted by Crippen LogP contribution is 2.34. The van der Waals surface area contributed by atoms with Gasteiger partial charge in [0.1, 0.15) is 0 Å². The SMILES string of the molecule is [C-]#[N+]c1ccccc1-c1ccc(-c2ccc3ccc(-c4ccc(-c5nc(-c6ccccc6)nc(-c6ccccc6)n5)cc4)cc3c2)cc1. The lowest BCUT2D eigenvalue weighted by molar-refractivity contribution is 1.07. The van der Waals surface area contributed by atoms with Gasteiger partial charge < -0.3 is 0 Å². The van der Waals surface area contributed by atoms with Crippen LogP contribution in [-0.2, 0) is 0 Å². The van der Waals surface area contributed by atoms with Crippen LogP contribution >= 0.6 is 0 Å². The summed E-state index contributed by atoms with van der Waals surface area (Å²) < 4.78 is 0. The molecule has 0 saturated heterocycles. The number of rotatable bonds is 6. The molecule has 8 aromatic rings. The van der Waals surface area contributed by atoms with Crippen LogP contribution in [0.1, 0.15) is 0 Å². The molecule has 0 unspecified atom stereocenters. The van der Waals surface area contributed by atoms with Crippen molar-refractivity contribution in [3.05, 3.63) is 181 Å². The summed E-state index contributed by atoms with van der Waals surface area (Å²) in [5.74, 6) is 1.94. The Morgan fingerprint density at radius 3 is 1.23 bits per heavy atom. The fourth-order valence-corrected chi connectivity index (χ4v) is 6.01. The van der Waals surface area contributed by atoms with Gasteiger partial charge in [0.25, 0.3) is 0 Å². The highest BCUT2D eigenvalue weighted by atomic mass is 15.0. The lowest BCUT2D eigenvalue weighted by Crippen LogP contribution is -2.00. The minimum Gasteiger partial charge on any atom is -0.238 e. The van der Waals surface area contributed by atoms with Gasteiger partial charge in [-0.25, -0.2) is 19.8 Å². The van der Waals surface area contributed by atoms with E-state index in [1.54, 1.807) is 0 Å². The molecule has 1 aromatic heterocycles. The standard InChI is InChI=1S/C44H28N4/c1-45-41-15-9-8-14-40(41)33-22-16-30(17-23-33)37-26-20-32-21-27-38(29-39(32)28-37)31-18-24-36(25-19-31)44-47-42(34-10-4-2-5-11-34)46-43(48-44)35-12-6-3-7-13-35/h2-29H. The zero-order chi connectivity index (χ0) is 32.3. The molecule has 0 bridgehead atoms. The second-order valence-electron chi connectivity index (χ2n) is 11.6. The summed E-state index contributed by atoms with van der Waals surface area (Å²) in [6, 6.07) is 57.9. The number of hydrogen-bond donors (Lipinski definition) is 0. The van der Waals surface area contributed by atoms with Crippen LogP contribution in [0.2, 0.25) is 0 Å². The average Bonchev–Trinajstić information content (AvgIpc) is 3.18. The van der Waals surface area contributed by atoms with Gasteiger partial charge >= 0.3 is 0 Å². The molecule has 0 aliphatic heterocycles. The van der Waals surface area contributed by atoms with Gasteiger partial charge in [0, 0.05) is 16.7 Å². The number of benzene rings is 7. The van der Waals surface area contributed by atoms with Crippen LogP contribution in [0.5, 0.6) is 0 Å². The molecule has 0 N–H and O–H groups in total. The summed E-state index contributed by atoms with van der Waals surface area (Å²) in [5.41, 5.74) is 10.0. The summed E-state index contributed by atoms with van der Waals surface area (Å²) in [6.45, 7) is 7.51. The van der Waals surface area contributed by atoms with E-state index in [0.717, 1.165) is 50.1 Å². The van der Waals surface area contributed by atoms with Crippen molar-refractivity contribution in [2.75, 3.05) is 0 Å². The Morgan fingerprint density at radius 2 is 0.729 bits per heavy atom. The minimum atomic E-state index is 0.640. The van der Waals surface area contributed by atoms with Crippen LogP contribution in [0, 0.1) is 6.57 Å². The molecule has 0 aliphatic carbocycles. The highest BCUT2D eigenvalue weighted by molar-refractivity contribution is 5.91. The molecule has 0 atom stereocenters. The van der Waals surface area contributed by atoms with Gasteiger partial charge in [-0.05, 0) is 56.3 Å². The van der Waals surface area contributed by atoms with Gasteiger partial charge in [0.05, 0.1) is 6.57 Å². The largest absolute Gasteiger partial charge is 0.238 e. The van der Waals surface area contributed by atoms with Crippen molar-refractivity contribution < 1.29 is 0 Å². The fraction of sp³-hybridized carbons (Fsp3) is 0. The normalized spacial score (nSPS) is 10.9. The van der Waals surface area contributed by atoms with Crippen molar-refractivity contribution in [1.82, 2.24) is 15.0 Å². The molecule has 0 fully saturated rings. The van der Waals surface area contributed by atoms with E-state index in [1.165, 1.54) is 10.8 Å². The molecule has 0 saturated carbocycles. The summed E-state index contributed by atoms with van der Waals surface area (Å²) in [5, 5.41) is 2.36. The maximum absolute atomic E-state index is 7.51. The molecule has 0 amide bonds. The Morgan fingerprint density at radius 1 is 0.333 bits per heavy atom. The third-order valence-corrected chi connectivity index (χ3v) is 8.57. The second kappa shape index (κ2) is 12.6. The molecule has 1 heterocycles. The molecule has 4 heteroatoms. The number of hydrogen-bond acceptors (Lipinski definition) is 3. The summed E-state index contributed by atoms with van der Waals surface area (Å²) in [4.78, 5) is 18.3. The van der Waals surface area contributed by atoms with Gasteiger partial charge in [-0.2, -0.15) is 0 Å². The molecule has 4 nitrogen and oxygen atoms in total. The smallest absolute Gasteiger partial charge is 0.194 e. The Kier molecular flexibility index (Phi) is 7.54. The quantitative estimate of drug-likeness (QED) is 0.175. The van der Waals surface area contributed by atoms with E-state index in [-0.39, 0.29) is 0 Å². The molecule has 7 aromatic carbocycles. The first-order valence-corrected chi connectivity index (χ1v) is 15.8. The Hall–Kier alpha value is -6.70. The van der Waals surface area contributed by atoms with Gasteiger partial charge in [0.15, 0.2) is 23.2 Å². The van der Waals surface area contributed by atoms with Crippen LogP contribution < -0.4 is 0 Å². The molecular weight excluding hydrogens is 585 g/mol. The van der Waals surface area contributed by atoms with Crippen LogP contribution in [0.3, 0.4) is 0 Å². The summed E-state index contributed by atoms with van der Waals surface area (Å²) >= 11 is 0. The van der Waals surface area contributed by atoms with Crippen LogP contribution in [0.4, 0.5) is 5.69 Å². The number of nitrogens with zero attached hydrogens (tertiary/aromatic N) is 4. The highest BCUT2D eigenvalue weighted by Gasteiger charge is 2.13. The fourth-order valence-electron chi connectivity index (χ4n) is 6.01. The zero-order valence-corrected chi connectivity index (χ0v) is 26.0. The minimum absolute atomic E-state index is 0.640. The molecule has 0 spiro atoms. The Bertz CT molecular complexity index is 2370.